The smallest absolute Gasteiger partial charge is 0.0849 e. The molecule has 0 spiro atoms. The molecule has 210 valence electrons. The van der Waals surface area contributed by atoms with Crippen molar-refractivity contribution in [2.24, 2.45) is 17.3 Å². The van der Waals surface area contributed by atoms with E-state index in [9.17, 15) is 30.6 Å². The Morgan fingerprint density at radius 3 is 2.28 bits per heavy atom. The van der Waals surface area contributed by atoms with Gasteiger partial charge in [0.1, 0.15) is 0 Å². The molecule has 0 aromatic rings. The third-order valence-corrected chi connectivity index (χ3v) is 8.58. The number of aliphatic hydroxyl groups is 6. The quantitative estimate of drug-likeness (QED) is 0.171. The maximum absolute atomic E-state index is 10.0. The summed E-state index contributed by atoms with van der Waals surface area (Å²) < 4.78 is 0. The first-order valence-corrected chi connectivity index (χ1v) is 13.8. The van der Waals surface area contributed by atoms with Gasteiger partial charge in [-0.25, -0.2) is 0 Å². The molecule has 1 aliphatic rings. The largest absolute Gasteiger partial charge is 0.396 e. The lowest BCUT2D eigenvalue weighted by molar-refractivity contribution is -0.0511. The first kappa shape index (κ1) is 33.0. The Kier molecular flexibility index (Phi) is 14.7. The Morgan fingerprint density at radius 2 is 1.72 bits per heavy atom. The first-order chi connectivity index (χ1) is 16.9. The van der Waals surface area contributed by atoms with Crippen LogP contribution >= 0.6 is 0 Å². The van der Waals surface area contributed by atoms with Crippen LogP contribution in [0, 0.1) is 17.3 Å². The normalized spacial score (nSPS) is 24.8. The lowest BCUT2D eigenvalue weighted by Gasteiger charge is -2.49. The molecule has 4 unspecified atom stereocenters. The van der Waals surface area contributed by atoms with Gasteiger partial charge >= 0.3 is 0 Å². The van der Waals surface area contributed by atoms with Crippen LogP contribution in [-0.2, 0) is 0 Å². The molecular weight excluding hydrogens is 456 g/mol. The van der Waals surface area contributed by atoms with Gasteiger partial charge in [-0.3, -0.25) is 0 Å². The van der Waals surface area contributed by atoms with Crippen molar-refractivity contribution in [2.75, 3.05) is 26.4 Å². The molecule has 1 rings (SSSR count). The van der Waals surface area contributed by atoms with Gasteiger partial charge in [0.2, 0.25) is 0 Å². The van der Waals surface area contributed by atoms with Gasteiger partial charge < -0.3 is 30.6 Å². The van der Waals surface area contributed by atoms with Crippen molar-refractivity contribution in [3.8, 4) is 0 Å². The molecule has 0 radical (unpaired) electrons. The lowest BCUT2D eigenvalue weighted by atomic mass is 9.56. The summed E-state index contributed by atoms with van der Waals surface area (Å²) in [4.78, 5) is 0. The molecule has 0 aromatic heterocycles. The van der Waals surface area contributed by atoms with Crippen molar-refractivity contribution in [3.63, 3.8) is 0 Å². The molecule has 0 heterocycles. The molecule has 36 heavy (non-hydrogen) atoms. The monoisotopic (exact) mass is 510 g/mol. The summed E-state index contributed by atoms with van der Waals surface area (Å²) in [6, 6.07) is 0. The molecular formula is C30H54O6. The van der Waals surface area contributed by atoms with Gasteiger partial charge in [-0.15, -0.1) is 0 Å². The van der Waals surface area contributed by atoms with E-state index in [1.165, 1.54) is 11.1 Å². The van der Waals surface area contributed by atoms with Crippen LogP contribution < -0.4 is 0 Å². The maximum atomic E-state index is 10.0. The third-order valence-electron chi connectivity index (χ3n) is 8.58. The van der Waals surface area contributed by atoms with Gasteiger partial charge in [-0.1, -0.05) is 37.1 Å². The van der Waals surface area contributed by atoms with Crippen LogP contribution in [0.3, 0.4) is 0 Å². The Balaban J connectivity index is 2.79. The van der Waals surface area contributed by atoms with E-state index in [4.69, 9.17) is 0 Å². The zero-order valence-corrected chi connectivity index (χ0v) is 23.5. The Bertz CT molecular complexity index is 726. The lowest BCUT2D eigenvalue weighted by Crippen LogP contribution is -2.40. The van der Waals surface area contributed by atoms with Crippen molar-refractivity contribution in [3.05, 3.63) is 34.4 Å². The van der Waals surface area contributed by atoms with Crippen LogP contribution in [0.25, 0.3) is 0 Å². The van der Waals surface area contributed by atoms with Crippen LogP contribution in [0.4, 0.5) is 0 Å². The van der Waals surface area contributed by atoms with E-state index < -0.39 is 11.7 Å². The van der Waals surface area contributed by atoms with Crippen molar-refractivity contribution in [1.82, 2.24) is 0 Å². The predicted octanol–water partition coefficient (Wildman–Crippen LogP) is 4.43. The number of aliphatic hydroxyl groups excluding tert-OH is 5. The van der Waals surface area contributed by atoms with Crippen LogP contribution in [0.1, 0.15) is 98.8 Å². The van der Waals surface area contributed by atoms with Crippen LogP contribution in [0.5, 0.6) is 0 Å². The van der Waals surface area contributed by atoms with Crippen molar-refractivity contribution < 1.29 is 30.6 Å². The predicted molar refractivity (Wildman–Crippen MR) is 146 cm³/mol. The van der Waals surface area contributed by atoms with Crippen molar-refractivity contribution in [2.45, 2.75) is 111 Å². The van der Waals surface area contributed by atoms with Gasteiger partial charge in [0.05, 0.1) is 31.5 Å². The van der Waals surface area contributed by atoms with Crippen molar-refractivity contribution in [1.29, 1.82) is 0 Å². The minimum atomic E-state index is -1.14. The van der Waals surface area contributed by atoms with E-state index in [0.29, 0.717) is 18.8 Å². The highest BCUT2D eigenvalue weighted by molar-refractivity contribution is 5.24. The molecule has 6 nitrogen and oxygen atoms in total. The molecule has 4 atom stereocenters. The number of rotatable bonds is 16. The molecule has 1 saturated carbocycles. The average molecular weight is 511 g/mol. The van der Waals surface area contributed by atoms with Gasteiger partial charge in [-0.2, -0.15) is 0 Å². The summed E-state index contributed by atoms with van der Waals surface area (Å²) >= 11 is 0. The number of hydrogen-bond donors (Lipinski definition) is 6. The minimum absolute atomic E-state index is 0.0354. The second-order valence-corrected chi connectivity index (χ2v) is 11.7. The molecule has 0 amide bonds. The molecule has 0 saturated heterocycles. The fraction of sp³-hybridized carbons (Fsp3) is 0.800. The fourth-order valence-electron chi connectivity index (χ4n) is 5.67. The molecule has 6 heteroatoms. The summed E-state index contributed by atoms with van der Waals surface area (Å²) in [6.07, 6.45) is 11.8. The van der Waals surface area contributed by atoms with E-state index in [1.54, 1.807) is 13.8 Å². The maximum Gasteiger partial charge on any atom is 0.0849 e. The summed E-state index contributed by atoms with van der Waals surface area (Å²) in [7, 11) is 0. The SMILES string of the molecule is C/C(=C\CCC1(C)C(C)CCC(=C(CO)CO)C1CCCO)CC/C=C(/CO)CCC(O)C(C)(C)O. The van der Waals surface area contributed by atoms with Gasteiger partial charge in [-0.05, 0) is 113 Å². The molecule has 1 aliphatic carbocycles. The topological polar surface area (TPSA) is 121 Å². The van der Waals surface area contributed by atoms with Crippen LogP contribution in [0.15, 0.2) is 34.4 Å². The third kappa shape index (κ3) is 10.0. The molecule has 0 aromatic carbocycles. The van der Waals surface area contributed by atoms with Crippen LogP contribution in [0.2, 0.25) is 0 Å². The Hall–Kier alpha value is -1.02. The molecule has 0 bridgehead atoms. The van der Waals surface area contributed by atoms with Crippen LogP contribution in [-0.4, -0.2) is 68.8 Å². The minimum Gasteiger partial charge on any atom is -0.396 e. The van der Waals surface area contributed by atoms with E-state index in [-0.39, 0.29) is 37.8 Å². The van der Waals surface area contributed by atoms with Gasteiger partial charge in [0, 0.05) is 6.61 Å². The summed E-state index contributed by atoms with van der Waals surface area (Å²) in [6.45, 7) is 9.88. The average Bonchev–Trinajstić information content (AvgIpc) is 2.83. The molecule has 0 aliphatic heterocycles. The zero-order chi connectivity index (χ0) is 27.4. The molecule has 1 fully saturated rings. The summed E-state index contributed by atoms with van der Waals surface area (Å²) in [5.41, 5.74) is 3.05. The van der Waals surface area contributed by atoms with Gasteiger partial charge in [0.25, 0.3) is 0 Å². The Labute approximate surface area is 219 Å². The van der Waals surface area contributed by atoms with E-state index in [1.807, 2.05) is 6.08 Å². The summed E-state index contributed by atoms with van der Waals surface area (Å²) in [5, 5.41) is 58.7. The van der Waals surface area contributed by atoms with E-state index in [0.717, 1.165) is 62.5 Å². The zero-order valence-electron chi connectivity index (χ0n) is 23.5. The second kappa shape index (κ2) is 16.1. The Morgan fingerprint density at radius 1 is 1.06 bits per heavy atom. The second-order valence-electron chi connectivity index (χ2n) is 11.7. The number of hydrogen-bond acceptors (Lipinski definition) is 6. The molecule has 6 N–H and O–H groups in total. The highest BCUT2D eigenvalue weighted by Crippen LogP contribution is 2.53. The summed E-state index contributed by atoms with van der Waals surface area (Å²) in [5.74, 6) is 0.775. The van der Waals surface area contributed by atoms with E-state index in [2.05, 4.69) is 26.8 Å². The van der Waals surface area contributed by atoms with Gasteiger partial charge in [0.15, 0.2) is 0 Å². The van der Waals surface area contributed by atoms with Crippen molar-refractivity contribution >= 4 is 0 Å². The fourth-order valence-corrected chi connectivity index (χ4v) is 5.67. The highest BCUT2D eigenvalue weighted by atomic mass is 16.3. The highest BCUT2D eigenvalue weighted by Gasteiger charge is 2.43. The standard InChI is InChI=1S/C30H54O6/c1-22(9-6-11-24(19-32)14-16-28(35)29(3,4)36)10-7-17-30(5)23(2)13-15-26(25(20-33)21-34)27(30)12-8-18-31/h10-11,23,27-28,31-36H,6-9,12-21H2,1-5H3/b22-10+,24-11+. The number of allylic oxidation sites excluding steroid dienone is 4. The first-order valence-electron chi connectivity index (χ1n) is 13.8. The van der Waals surface area contributed by atoms with E-state index >= 15 is 0 Å².